The molecule has 0 aliphatic carbocycles. The Morgan fingerprint density at radius 2 is 1.24 bits per heavy atom. The van der Waals surface area contributed by atoms with Crippen molar-refractivity contribution in [3.05, 3.63) is 71.8 Å². The number of thiocarbonyl (C=S) groups is 1. The third-order valence-electron chi connectivity index (χ3n) is 4.54. The van der Waals surface area contributed by atoms with Crippen LogP contribution in [0, 0.1) is 0 Å². The summed E-state index contributed by atoms with van der Waals surface area (Å²) < 4.78 is 0. The zero-order chi connectivity index (χ0) is 18.1. The molecule has 0 heterocycles. The van der Waals surface area contributed by atoms with Gasteiger partial charge in [0.05, 0.1) is 0 Å². The van der Waals surface area contributed by atoms with Gasteiger partial charge in [0, 0.05) is 13.1 Å². The molecule has 0 aromatic heterocycles. The molecule has 0 fully saturated rings. The van der Waals surface area contributed by atoms with Crippen molar-refractivity contribution < 1.29 is 5.11 Å². The molecule has 2 aromatic rings. The Bertz CT molecular complexity index is 594. The molecule has 0 saturated carbocycles. The molecule has 0 atom stereocenters. The first-order valence-electron chi connectivity index (χ1n) is 9.27. The van der Waals surface area contributed by atoms with Crippen LogP contribution in [0.25, 0.3) is 0 Å². The topological polar surface area (TPSA) is 23.5 Å². The first-order valence-corrected chi connectivity index (χ1v) is 9.68. The van der Waals surface area contributed by atoms with Gasteiger partial charge in [-0.1, -0.05) is 99.6 Å². The van der Waals surface area contributed by atoms with Gasteiger partial charge >= 0.3 is 0 Å². The summed E-state index contributed by atoms with van der Waals surface area (Å²) in [6, 6.07) is 19.6. The lowest BCUT2D eigenvalue weighted by Crippen LogP contribution is -2.47. The maximum Gasteiger partial charge on any atom is 0.165 e. The van der Waals surface area contributed by atoms with Crippen LogP contribution in [0.2, 0.25) is 0 Å². The van der Waals surface area contributed by atoms with Gasteiger partial charge in [0.25, 0.3) is 0 Å². The van der Waals surface area contributed by atoms with E-state index in [1.165, 1.54) is 0 Å². The van der Waals surface area contributed by atoms with E-state index in [1.807, 2.05) is 60.7 Å². The van der Waals surface area contributed by atoms with Crippen molar-refractivity contribution in [2.24, 2.45) is 0 Å². The van der Waals surface area contributed by atoms with E-state index in [0.29, 0.717) is 4.99 Å². The lowest BCUT2D eigenvalue weighted by Gasteiger charge is -2.37. The van der Waals surface area contributed by atoms with Crippen molar-refractivity contribution in [3.63, 3.8) is 0 Å². The minimum atomic E-state index is -1.28. The van der Waals surface area contributed by atoms with Gasteiger partial charge in [-0.15, -0.1) is 0 Å². The summed E-state index contributed by atoms with van der Waals surface area (Å²) in [5.74, 6) is 0. The molecule has 0 aliphatic rings. The molecular formula is C22H29NOS. The number of aliphatic hydroxyl groups is 1. The molecule has 2 aromatic carbocycles. The normalized spacial score (nSPS) is 11.3. The first kappa shape index (κ1) is 19.6. The van der Waals surface area contributed by atoms with Crippen molar-refractivity contribution in [1.82, 2.24) is 4.90 Å². The van der Waals surface area contributed by atoms with Gasteiger partial charge in [-0.05, 0) is 24.0 Å². The van der Waals surface area contributed by atoms with Gasteiger partial charge in [0.15, 0.2) is 5.60 Å². The summed E-state index contributed by atoms with van der Waals surface area (Å²) in [6.07, 6.45) is 4.37. The standard InChI is InChI=1S/C22H29NOS/c1-3-5-17-23(18-6-4-2)21(25)22(24,19-13-9-7-10-14-19)20-15-11-8-12-16-20/h7-16,24H,3-6,17-18H2,1-2H3. The number of benzene rings is 2. The van der Waals surface area contributed by atoms with Gasteiger partial charge in [0.1, 0.15) is 4.99 Å². The van der Waals surface area contributed by atoms with Crippen molar-refractivity contribution in [2.75, 3.05) is 13.1 Å². The molecule has 0 saturated heterocycles. The zero-order valence-corrected chi connectivity index (χ0v) is 16.1. The van der Waals surface area contributed by atoms with Crippen molar-refractivity contribution in [2.45, 2.75) is 45.1 Å². The van der Waals surface area contributed by atoms with Gasteiger partial charge in [-0.3, -0.25) is 0 Å². The molecule has 0 amide bonds. The molecule has 3 heteroatoms. The highest BCUT2D eigenvalue weighted by Crippen LogP contribution is 2.33. The number of hydrogen-bond acceptors (Lipinski definition) is 2. The fourth-order valence-electron chi connectivity index (χ4n) is 3.01. The number of hydrogen-bond donors (Lipinski definition) is 1. The molecule has 2 rings (SSSR count). The third kappa shape index (κ3) is 4.68. The predicted molar refractivity (Wildman–Crippen MR) is 110 cm³/mol. The van der Waals surface area contributed by atoms with Crippen LogP contribution in [0.15, 0.2) is 60.7 Å². The molecule has 25 heavy (non-hydrogen) atoms. The predicted octanol–water partition coefficient (Wildman–Crippen LogP) is 5.15. The SMILES string of the molecule is CCCCN(CCCC)C(=S)C(O)(c1ccccc1)c1ccccc1. The Morgan fingerprint density at radius 1 is 0.840 bits per heavy atom. The Morgan fingerprint density at radius 3 is 1.60 bits per heavy atom. The zero-order valence-electron chi connectivity index (χ0n) is 15.3. The average Bonchev–Trinajstić information content (AvgIpc) is 2.68. The van der Waals surface area contributed by atoms with Crippen LogP contribution >= 0.6 is 12.2 Å². The summed E-state index contributed by atoms with van der Waals surface area (Å²) in [4.78, 5) is 2.80. The molecular weight excluding hydrogens is 326 g/mol. The molecule has 0 radical (unpaired) electrons. The Hall–Kier alpha value is -1.71. The van der Waals surface area contributed by atoms with Crippen LogP contribution in [-0.2, 0) is 5.60 Å². The highest BCUT2D eigenvalue weighted by molar-refractivity contribution is 7.80. The van der Waals surface area contributed by atoms with Gasteiger partial charge in [-0.25, -0.2) is 0 Å². The molecule has 1 N–H and O–H groups in total. The van der Waals surface area contributed by atoms with Crippen LogP contribution in [-0.4, -0.2) is 28.1 Å². The van der Waals surface area contributed by atoms with E-state index in [9.17, 15) is 5.11 Å². The van der Waals surface area contributed by atoms with Crippen LogP contribution in [0.1, 0.15) is 50.7 Å². The first-order chi connectivity index (χ1) is 12.1. The number of unbranched alkanes of at least 4 members (excludes halogenated alkanes) is 2. The second kappa shape index (κ2) is 9.69. The Labute approximate surface area is 157 Å². The molecule has 2 nitrogen and oxygen atoms in total. The third-order valence-corrected chi connectivity index (χ3v) is 5.10. The van der Waals surface area contributed by atoms with Crippen LogP contribution < -0.4 is 0 Å². The van der Waals surface area contributed by atoms with Gasteiger partial charge in [-0.2, -0.15) is 0 Å². The molecule has 0 spiro atoms. The summed E-state index contributed by atoms with van der Waals surface area (Å²) in [5.41, 5.74) is 0.368. The van der Waals surface area contributed by atoms with Gasteiger partial charge in [0.2, 0.25) is 0 Å². The highest BCUT2D eigenvalue weighted by atomic mass is 32.1. The summed E-state index contributed by atoms with van der Waals surface area (Å²) in [7, 11) is 0. The van der Waals surface area contributed by atoms with E-state index >= 15 is 0 Å². The quantitative estimate of drug-likeness (QED) is 0.629. The van der Waals surface area contributed by atoms with Crippen LogP contribution in [0.4, 0.5) is 0 Å². The lowest BCUT2D eigenvalue weighted by molar-refractivity contribution is 0.140. The second-order valence-corrected chi connectivity index (χ2v) is 6.83. The summed E-state index contributed by atoms with van der Waals surface area (Å²) in [5, 5.41) is 11.8. The van der Waals surface area contributed by atoms with Crippen molar-refractivity contribution in [1.29, 1.82) is 0 Å². The smallest absolute Gasteiger partial charge is 0.165 e. The minimum Gasteiger partial charge on any atom is -0.374 e. The molecule has 134 valence electrons. The number of nitrogens with zero attached hydrogens (tertiary/aromatic N) is 1. The van der Waals surface area contributed by atoms with E-state index < -0.39 is 5.60 Å². The van der Waals surface area contributed by atoms with E-state index in [2.05, 4.69) is 18.7 Å². The van der Waals surface area contributed by atoms with E-state index in [1.54, 1.807) is 0 Å². The van der Waals surface area contributed by atoms with Crippen LogP contribution in [0.5, 0.6) is 0 Å². The van der Waals surface area contributed by atoms with E-state index in [4.69, 9.17) is 12.2 Å². The Balaban J connectivity index is 2.45. The van der Waals surface area contributed by atoms with Crippen LogP contribution in [0.3, 0.4) is 0 Å². The van der Waals surface area contributed by atoms with E-state index in [-0.39, 0.29) is 0 Å². The highest BCUT2D eigenvalue weighted by Gasteiger charge is 2.38. The molecule has 0 bridgehead atoms. The summed E-state index contributed by atoms with van der Waals surface area (Å²) in [6.45, 7) is 6.14. The minimum absolute atomic E-state index is 0.604. The lowest BCUT2D eigenvalue weighted by atomic mass is 9.85. The van der Waals surface area contributed by atoms with Gasteiger partial charge < -0.3 is 10.0 Å². The fourth-order valence-corrected chi connectivity index (χ4v) is 3.43. The maximum atomic E-state index is 11.8. The molecule has 0 aliphatic heterocycles. The Kier molecular flexibility index (Phi) is 7.60. The largest absolute Gasteiger partial charge is 0.374 e. The van der Waals surface area contributed by atoms with Crippen molar-refractivity contribution in [3.8, 4) is 0 Å². The second-order valence-electron chi connectivity index (χ2n) is 6.44. The maximum absolute atomic E-state index is 11.8. The average molecular weight is 356 g/mol. The number of rotatable bonds is 9. The van der Waals surface area contributed by atoms with E-state index in [0.717, 1.165) is 49.9 Å². The monoisotopic (exact) mass is 355 g/mol. The molecule has 0 unspecified atom stereocenters. The fraction of sp³-hybridized carbons (Fsp3) is 0.409. The summed E-state index contributed by atoms with van der Waals surface area (Å²) >= 11 is 5.88. The van der Waals surface area contributed by atoms with Crippen molar-refractivity contribution >= 4 is 17.2 Å².